The van der Waals surface area contributed by atoms with Crippen LogP contribution >= 0.6 is 11.6 Å². The Balaban J connectivity index is 3.12. The van der Waals surface area contributed by atoms with E-state index in [4.69, 9.17) is 11.6 Å². The first-order valence-corrected chi connectivity index (χ1v) is 4.96. The van der Waals surface area contributed by atoms with Gasteiger partial charge in [0.05, 0.1) is 5.02 Å². The van der Waals surface area contributed by atoms with Gasteiger partial charge in [0.15, 0.2) is 0 Å². The highest BCUT2D eigenvalue weighted by molar-refractivity contribution is 6.30. The first kappa shape index (κ1) is 11.5. The molecule has 0 unspecified atom stereocenters. The van der Waals surface area contributed by atoms with Crippen molar-refractivity contribution in [3.8, 4) is 0 Å². The Morgan fingerprint density at radius 3 is 2.64 bits per heavy atom. The van der Waals surface area contributed by atoms with Crippen molar-refractivity contribution in [2.45, 2.75) is 19.3 Å². The number of benzene rings is 1. The van der Waals surface area contributed by atoms with Crippen molar-refractivity contribution in [1.29, 1.82) is 0 Å². The predicted octanol–water partition coefficient (Wildman–Crippen LogP) is 2.98. The molecule has 1 rings (SSSR count). The molecule has 78 valence electrons. The Hall–Kier alpha value is -0.600. The summed E-state index contributed by atoms with van der Waals surface area (Å²) in [5.74, 6) is -0.311. The first-order chi connectivity index (χ1) is 6.49. The molecule has 0 spiro atoms. The molecular formula is C11H15ClFN. The molecule has 1 nitrogen and oxygen atoms in total. The summed E-state index contributed by atoms with van der Waals surface area (Å²) in [5, 5.41) is 3.23. The van der Waals surface area contributed by atoms with E-state index in [9.17, 15) is 4.39 Å². The monoisotopic (exact) mass is 215 g/mol. The smallest absolute Gasteiger partial charge is 0.145 e. The van der Waals surface area contributed by atoms with E-state index in [0.29, 0.717) is 12.1 Å². The van der Waals surface area contributed by atoms with Gasteiger partial charge in [0.2, 0.25) is 0 Å². The van der Waals surface area contributed by atoms with Gasteiger partial charge in [-0.1, -0.05) is 37.6 Å². The second-order valence-corrected chi connectivity index (χ2v) is 4.42. The highest BCUT2D eigenvalue weighted by atomic mass is 35.5. The Labute approximate surface area is 89.3 Å². The van der Waals surface area contributed by atoms with E-state index in [1.54, 1.807) is 18.2 Å². The summed E-state index contributed by atoms with van der Waals surface area (Å²) in [6.45, 7) is 4.68. The Morgan fingerprint density at radius 2 is 2.07 bits per heavy atom. The fourth-order valence-corrected chi connectivity index (χ4v) is 1.74. The van der Waals surface area contributed by atoms with Crippen LogP contribution in [-0.2, 0) is 5.41 Å². The molecule has 3 heteroatoms. The summed E-state index contributed by atoms with van der Waals surface area (Å²) < 4.78 is 13.7. The lowest BCUT2D eigenvalue weighted by atomic mass is 9.84. The topological polar surface area (TPSA) is 12.0 Å². The van der Waals surface area contributed by atoms with Crippen molar-refractivity contribution in [3.63, 3.8) is 0 Å². The van der Waals surface area contributed by atoms with Gasteiger partial charge in [-0.3, -0.25) is 0 Å². The molecule has 14 heavy (non-hydrogen) atoms. The van der Waals surface area contributed by atoms with E-state index < -0.39 is 0 Å². The van der Waals surface area contributed by atoms with E-state index in [0.717, 1.165) is 0 Å². The van der Waals surface area contributed by atoms with Crippen molar-refractivity contribution in [2.75, 3.05) is 13.6 Å². The van der Waals surface area contributed by atoms with Crippen molar-refractivity contribution >= 4 is 11.6 Å². The molecular weight excluding hydrogens is 201 g/mol. The van der Waals surface area contributed by atoms with Gasteiger partial charge in [-0.25, -0.2) is 4.39 Å². The maximum absolute atomic E-state index is 13.7. The second kappa shape index (κ2) is 4.28. The zero-order valence-corrected chi connectivity index (χ0v) is 9.45. The third kappa shape index (κ3) is 2.25. The average molecular weight is 216 g/mol. The van der Waals surface area contributed by atoms with E-state index in [-0.39, 0.29) is 16.3 Å². The lowest BCUT2D eigenvalue weighted by Gasteiger charge is -2.25. The van der Waals surface area contributed by atoms with Gasteiger partial charge < -0.3 is 5.32 Å². The Kier molecular flexibility index (Phi) is 3.51. The maximum atomic E-state index is 13.7. The quantitative estimate of drug-likeness (QED) is 0.818. The normalized spacial score (nSPS) is 11.8. The largest absolute Gasteiger partial charge is 0.319 e. The minimum absolute atomic E-state index is 0.187. The molecule has 1 N–H and O–H groups in total. The van der Waals surface area contributed by atoms with Crippen LogP contribution in [0, 0.1) is 5.82 Å². The molecule has 0 aromatic heterocycles. The van der Waals surface area contributed by atoms with Crippen LogP contribution < -0.4 is 5.32 Å². The summed E-state index contributed by atoms with van der Waals surface area (Å²) in [6, 6.07) is 5.12. The number of nitrogens with one attached hydrogen (secondary N) is 1. The molecule has 0 atom stereocenters. The zero-order valence-electron chi connectivity index (χ0n) is 8.70. The average Bonchev–Trinajstić information content (AvgIpc) is 2.09. The Morgan fingerprint density at radius 1 is 1.43 bits per heavy atom. The number of likely N-dealkylation sites (N-methyl/N-ethyl adjacent to an activating group) is 1. The van der Waals surface area contributed by atoms with Crippen LogP contribution in [0.2, 0.25) is 5.02 Å². The predicted molar refractivity (Wildman–Crippen MR) is 58.4 cm³/mol. The SMILES string of the molecule is CNCC(C)(C)c1cccc(Cl)c1F. The highest BCUT2D eigenvalue weighted by Gasteiger charge is 2.24. The third-order valence-electron chi connectivity index (χ3n) is 2.30. The van der Waals surface area contributed by atoms with E-state index in [1.165, 1.54) is 0 Å². The minimum Gasteiger partial charge on any atom is -0.319 e. The number of rotatable bonds is 3. The summed E-state index contributed by atoms with van der Waals surface area (Å²) in [5.41, 5.74) is 0.406. The molecule has 1 aromatic carbocycles. The van der Waals surface area contributed by atoms with Crippen LogP contribution in [0.5, 0.6) is 0 Å². The standard InChI is InChI=1S/C11H15ClFN/c1-11(2,7-14-3)8-5-4-6-9(12)10(8)13/h4-6,14H,7H2,1-3H3. The van der Waals surface area contributed by atoms with Gasteiger partial charge in [-0.2, -0.15) is 0 Å². The molecule has 0 bridgehead atoms. The summed E-state index contributed by atoms with van der Waals surface area (Å²) in [7, 11) is 1.85. The molecule has 0 aliphatic rings. The van der Waals surface area contributed by atoms with Crippen molar-refractivity contribution in [3.05, 3.63) is 34.6 Å². The molecule has 0 aliphatic heterocycles. The summed E-state index contributed by atoms with van der Waals surface area (Å²) in [6.07, 6.45) is 0. The number of hydrogen-bond acceptors (Lipinski definition) is 1. The van der Waals surface area contributed by atoms with Crippen LogP contribution in [0.1, 0.15) is 19.4 Å². The van der Waals surface area contributed by atoms with Crippen molar-refractivity contribution in [1.82, 2.24) is 5.32 Å². The maximum Gasteiger partial charge on any atom is 0.145 e. The van der Waals surface area contributed by atoms with E-state index >= 15 is 0 Å². The molecule has 1 aromatic rings. The fourth-order valence-electron chi connectivity index (χ4n) is 1.56. The molecule has 0 saturated heterocycles. The minimum atomic E-state index is -0.311. The van der Waals surface area contributed by atoms with Gasteiger partial charge in [0.1, 0.15) is 5.82 Å². The molecule has 0 aliphatic carbocycles. The van der Waals surface area contributed by atoms with Gasteiger partial charge in [-0.15, -0.1) is 0 Å². The van der Waals surface area contributed by atoms with Gasteiger partial charge >= 0.3 is 0 Å². The van der Waals surface area contributed by atoms with Gasteiger partial charge in [0.25, 0.3) is 0 Å². The molecule has 0 fully saturated rings. The third-order valence-corrected chi connectivity index (χ3v) is 2.59. The van der Waals surface area contributed by atoms with Crippen LogP contribution in [0.4, 0.5) is 4.39 Å². The van der Waals surface area contributed by atoms with Crippen molar-refractivity contribution < 1.29 is 4.39 Å². The van der Waals surface area contributed by atoms with Crippen LogP contribution in [0.15, 0.2) is 18.2 Å². The lowest BCUT2D eigenvalue weighted by Crippen LogP contribution is -2.31. The van der Waals surface area contributed by atoms with Crippen LogP contribution in [0.3, 0.4) is 0 Å². The molecule has 0 radical (unpaired) electrons. The van der Waals surface area contributed by atoms with Crippen molar-refractivity contribution in [2.24, 2.45) is 0 Å². The molecule has 0 heterocycles. The molecule has 0 amide bonds. The lowest BCUT2D eigenvalue weighted by molar-refractivity contribution is 0.462. The first-order valence-electron chi connectivity index (χ1n) is 4.58. The van der Waals surface area contributed by atoms with Gasteiger partial charge in [-0.05, 0) is 18.7 Å². The summed E-state index contributed by atoms with van der Waals surface area (Å²) >= 11 is 5.72. The van der Waals surface area contributed by atoms with Gasteiger partial charge in [0, 0.05) is 12.0 Å². The summed E-state index contributed by atoms with van der Waals surface area (Å²) in [4.78, 5) is 0. The molecule has 0 saturated carbocycles. The van der Waals surface area contributed by atoms with Crippen LogP contribution in [-0.4, -0.2) is 13.6 Å². The Bertz CT molecular complexity index is 323. The van der Waals surface area contributed by atoms with Crippen LogP contribution in [0.25, 0.3) is 0 Å². The van der Waals surface area contributed by atoms with E-state index in [1.807, 2.05) is 20.9 Å². The second-order valence-electron chi connectivity index (χ2n) is 4.02. The zero-order chi connectivity index (χ0) is 10.8. The number of hydrogen-bond donors (Lipinski definition) is 1. The highest BCUT2D eigenvalue weighted by Crippen LogP contribution is 2.28. The number of halogens is 2. The fraction of sp³-hybridized carbons (Fsp3) is 0.455. The van der Waals surface area contributed by atoms with E-state index in [2.05, 4.69) is 5.32 Å².